The molecular weight excluding hydrogens is 398 g/mol. The van der Waals surface area contributed by atoms with Crippen LogP contribution in [0.25, 0.3) is 33.8 Å². The standard InChI is InChI=1S/C26H27N5O/c1-17-20(15-27)23-25(32-26(28-23)21-11-8-13-30(21)4)24(22(17)18-9-6-5-7-10-18)31-14-12-19(16-31)29(2)3/h5-11,13,19H,12,14,16H2,1-4H3/t19-/m0/s1. The zero-order valence-electron chi connectivity index (χ0n) is 19.0. The Kier molecular flexibility index (Phi) is 4.99. The highest BCUT2D eigenvalue weighted by atomic mass is 16.3. The van der Waals surface area contributed by atoms with Crippen LogP contribution in [0.2, 0.25) is 0 Å². The van der Waals surface area contributed by atoms with Crippen LogP contribution >= 0.6 is 0 Å². The Hall–Kier alpha value is -3.56. The van der Waals surface area contributed by atoms with Crippen LogP contribution < -0.4 is 4.90 Å². The number of aromatic nitrogens is 2. The maximum absolute atomic E-state index is 10.1. The maximum atomic E-state index is 10.1. The summed E-state index contributed by atoms with van der Waals surface area (Å²) in [5.74, 6) is 0.540. The number of nitrogens with zero attached hydrogens (tertiary/aromatic N) is 5. The fraction of sp³-hybridized carbons (Fsp3) is 0.308. The number of fused-ring (bicyclic) bond motifs is 1. The molecule has 1 saturated heterocycles. The van der Waals surface area contributed by atoms with E-state index in [1.54, 1.807) is 0 Å². The van der Waals surface area contributed by atoms with Crippen LogP contribution in [-0.2, 0) is 7.05 Å². The Morgan fingerprint density at radius 2 is 1.94 bits per heavy atom. The fourth-order valence-corrected chi connectivity index (χ4v) is 4.80. The topological polar surface area (TPSA) is 61.2 Å². The van der Waals surface area contributed by atoms with Gasteiger partial charge in [0, 0.05) is 37.9 Å². The molecule has 2 aromatic heterocycles. The molecule has 32 heavy (non-hydrogen) atoms. The number of aryl methyl sites for hydroxylation is 1. The van der Waals surface area contributed by atoms with Gasteiger partial charge in [-0.2, -0.15) is 5.26 Å². The van der Waals surface area contributed by atoms with E-state index in [9.17, 15) is 5.26 Å². The first kappa shape index (κ1) is 20.3. The normalized spacial score (nSPS) is 16.2. The quantitative estimate of drug-likeness (QED) is 0.469. The van der Waals surface area contributed by atoms with Gasteiger partial charge in [-0.25, -0.2) is 4.98 Å². The van der Waals surface area contributed by atoms with Crippen molar-refractivity contribution in [1.29, 1.82) is 5.26 Å². The van der Waals surface area contributed by atoms with Crippen molar-refractivity contribution in [3.8, 4) is 28.8 Å². The lowest BCUT2D eigenvalue weighted by Crippen LogP contribution is -2.31. The number of likely N-dealkylation sites (N-methyl/N-ethyl adjacent to an activating group) is 1. The molecule has 162 valence electrons. The molecule has 0 amide bonds. The highest BCUT2D eigenvalue weighted by Gasteiger charge is 2.32. The molecule has 1 aliphatic rings. The minimum atomic E-state index is 0.472. The SMILES string of the molecule is Cc1c(-c2ccccc2)c(N2CC[C@H](N(C)C)C2)c2oc(-c3cccn3C)nc2c1C#N. The van der Waals surface area contributed by atoms with Gasteiger partial charge in [0.2, 0.25) is 5.89 Å². The van der Waals surface area contributed by atoms with Gasteiger partial charge < -0.3 is 18.8 Å². The highest BCUT2D eigenvalue weighted by Crippen LogP contribution is 2.45. The molecule has 0 aliphatic carbocycles. The summed E-state index contributed by atoms with van der Waals surface area (Å²) in [6, 6.07) is 17.1. The van der Waals surface area contributed by atoms with E-state index in [4.69, 9.17) is 9.40 Å². The fourth-order valence-electron chi connectivity index (χ4n) is 4.80. The van der Waals surface area contributed by atoms with E-state index < -0.39 is 0 Å². The summed E-state index contributed by atoms with van der Waals surface area (Å²) in [7, 11) is 6.24. The Morgan fingerprint density at radius 1 is 1.16 bits per heavy atom. The van der Waals surface area contributed by atoms with Crippen LogP contribution in [0.15, 0.2) is 53.1 Å². The number of nitriles is 1. The lowest BCUT2D eigenvalue weighted by Gasteiger charge is -2.25. The van der Waals surface area contributed by atoms with Gasteiger partial charge in [-0.05, 0) is 50.7 Å². The number of rotatable bonds is 4. The van der Waals surface area contributed by atoms with Gasteiger partial charge in [-0.1, -0.05) is 30.3 Å². The minimum absolute atomic E-state index is 0.472. The third-order valence-electron chi connectivity index (χ3n) is 6.61. The number of oxazole rings is 1. The molecule has 4 aromatic rings. The summed E-state index contributed by atoms with van der Waals surface area (Å²) in [6.07, 6.45) is 3.06. The molecule has 6 heteroatoms. The summed E-state index contributed by atoms with van der Waals surface area (Å²) < 4.78 is 8.44. The van der Waals surface area contributed by atoms with Crippen molar-refractivity contribution in [2.24, 2.45) is 7.05 Å². The average Bonchev–Trinajstić information content (AvgIpc) is 3.53. The Morgan fingerprint density at radius 3 is 2.56 bits per heavy atom. The number of hydrogen-bond donors (Lipinski definition) is 0. The smallest absolute Gasteiger partial charge is 0.244 e. The Balaban J connectivity index is 1.82. The van der Waals surface area contributed by atoms with Crippen molar-refractivity contribution in [3.63, 3.8) is 0 Å². The van der Waals surface area contributed by atoms with Gasteiger partial charge in [-0.15, -0.1) is 0 Å². The molecule has 1 atom stereocenters. The number of anilines is 1. The van der Waals surface area contributed by atoms with Crippen LogP contribution in [0.4, 0.5) is 5.69 Å². The molecule has 6 nitrogen and oxygen atoms in total. The van der Waals surface area contributed by atoms with E-state index >= 15 is 0 Å². The predicted octanol–water partition coefficient (Wildman–Crippen LogP) is 4.82. The van der Waals surface area contributed by atoms with Crippen molar-refractivity contribution in [3.05, 3.63) is 59.8 Å². The summed E-state index contributed by atoms with van der Waals surface area (Å²) >= 11 is 0. The van der Waals surface area contributed by atoms with Crippen molar-refractivity contribution in [1.82, 2.24) is 14.5 Å². The molecule has 0 radical (unpaired) electrons. The van der Waals surface area contributed by atoms with Crippen molar-refractivity contribution < 1.29 is 4.42 Å². The summed E-state index contributed by atoms with van der Waals surface area (Å²) in [5, 5.41) is 10.1. The van der Waals surface area contributed by atoms with Crippen molar-refractivity contribution >= 4 is 16.8 Å². The van der Waals surface area contributed by atoms with Crippen LogP contribution in [-0.4, -0.2) is 47.7 Å². The molecule has 0 bridgehead atoms. The average molecular weight is 426 g/mol. The molecule has 2 aromatic carbocycles. The second-order valence-electron chi connectivity index (χ2n) is 8.75. The van der Waals surface area contributed by atoms with E-state index in [0.717, 1.165) is 47.6 Å². The van der Waals surface area contributed by atoms with E-state index in [0.29, 0.717) is 28.6 Å². The first-order chi connectivity index (χ1) is 15.5. The molecule has 1 fully saturated rings. The highest BCUT2D eigenvalue weighted by molar-refractivity contribution is 6.03. The Labute approximate surface area is 188 Å². The van der Waals surface area contributed by atoms with Gasteiger partial charge in [0.15, 0.2) is 5.58 Å². The molecule has 3 heterocycles. The number of hydrogen-bond acceptors (Lipinski definition) is 5. The monoisotopic (exact) mass is 425 g/mol. The van der Waals surface area contributed by atoms with Gasteiger partial charge in [0.05, 0.1) is 11.3 Å². The lowest BCUT2D eigenvalue weighted by atomic mass is 9.93. The first-order valence-corrected chi connectivity index (χ1v) is 10.9. The largest absolute Gasteiger partial charge is 0.432 e. The molecule has 0 N–H and O–H groups in total. The van der Waals surface area contributed by atoms with Crippen LogP contribution in [0.5, 0.6) is 0 Å². The van der Waals surface area contributed by atoms with Gasteiger partial charge in [0.25, 0.3) is 0 Å². The second kappa shape index (κ2) is 7.85. The van der Waals surface area contributed by atoms with Crippen LogP contribution in [0.3, 0.4) is 0 Å². The summed E-state index contributed by atoms with van der Waals surface area (Å²) in [6.45, 7) is 3.87. The van der Waals surface area contributed by atoms with E-state index in [1.165, 1.54) is 0 Å². The third-order valence-corrected chi connectivity index (χ3v) is 6.61. The third kappa shape index (κ3) is 3.17. The van der Waals surface area contributed by atoms with Crippen molar-refractivity contribution in [2.75, 3.05) is 32.1 Å². The molecule has 0 spiro atoms. The number of benzene rings is 2. The van der Waals surface area contributed by atoms with E-state index in [-0.39, 0.29) is 0 Å². The van der Waals surface area contributed by atoms with Gasteiger partial charge >= 0.3 is 0 Å². The zero-order valence-corrected chi connectivity index (χ0v) is 19.0. The van der Waals surface area contributed by atoms with Crippen LogP contribution in [0.1, 0.15) is 17.5 Å². The second-order valence-corrected chi connectivity index (χ2v) is 8.75. The molecule has 1 aliphatic heterocycles. The van der Waals surface area contributed by atoms with Gasteiger partial charge in [0.1, 0.15) is 17.3 Å². The molecule has 0 saturated carbocycles. The van der Waals surface area contributed by atoms with Crippen molar-refractivity contribution in [2.45, 2.75) is 19.4 Å². The minimum Gasteiger partial charge on any atom is -0.432 e. The van der Waals surface area contributed by atoms with E-state index in [1.807, 2.05) is 55.1 Å². The maximum Gasteiger partial charge on any atom is 0.244 e. The predicted molar refractivity (Wildman–Crippen MR) is 128 cm³/mol. The Bertz CT molecular complexity index is 1330. The molecule has 0 unspecified atom stereocenters. The zero-order chi connectivity index (χ0) is 22.4. The molecular formula is C26H27N5O. The van der Waals surface area contributed by atoms with Gasteiger partial charge in [-0.3, -0.25) is 0 Å². The van der Waals surface area contributed by atoms with E-state index in [2.05, 4.69) is 42.1 Å². The first-order valence-electron chi connectivity index (χ1n) is 10.9. The lowest BCUT2D eigenvalue weighted by molar-refractivity contribution is 0.315. The van der Waals surface area contributed by atoms with Crippen LogP contribution in [0, 0.1) is 18.3 Å². The summed E-state index contributed by atoms with van der Waals surface area (Å²) in [4.78, 5) is 9.51. The molecule has 5 rings (SSSR count). The summed E-state index contributed by atoms with van der Waals surface area (Å²) in [5.41, 5.74) is 6.94.